The van der Waals surface area contributed by atoms with Crippen LogP contribution in [0.3, 0.4) is 0 Å². The summed E-state index contributed by atoms with van der Waals surface area (Å²) < 4.78 is 0. The van der Waals surface area contributed by atoms with Gasteiger partial charge in [0.2, 0.25) is 0 Å². The van der Waals surface area contributed by atoms with Gasteiger partial charge in [-0.2, -0.15) is 0 Å². The first-order valence-corrected chi connectivity index (χ1v) is 11.0. The molecule has 33 heavy (non-hydrogen) atoms. The van der Waals surface area contributed by atoms with Crippen LogP contribution in [0, 0.1) is 0 Å². The van der Waals surface area contributed by atoms with Gasteiger partial charge in [-0.15, -0.1) is 0 Å². The van der Waals surface area contributed by atoms with E-state index in [0.29, 0.717) is 31.8 Å². The number of ketones is 3. The summed E-state index contributed by atoms with van der Waals surface area (Å²) in [6.45, 7) is 0. The van der Waals surface area contributed by atoms with Gasteiger partial charge in [-0.25, -0.2) is 0 Å². The first-order valence-electron chi connectivity index (χ1n) is 9.88. The average Bonchev–Trinajstić information content (AvgIpc) is 2.84. The summed E-state index contributed by atoms with van der Waals surface area (Å²) in [5.74, 6) is -0.993. The van der Waals surface area contributed by atoms with Crippen molar-refractivity contribution in [1.29, 1.82) is 0 Å². The predicted molar refractivity (Wildman–Crippen MR) is 131 cm³/mol. The maximum absolute atomic E-state index is 13.2. The van der Waals surface area contributed by atoms with Crippen LogP contribution in [0.2, 0.25) is 15.1 Å². The van der Waals surface area contributed by atoms with Crippen LogP contribution < -0.4 is 0 Å². The molecular weight excluding hydrogens is 479 g/mol. The smallest absolute Gasteiger partial charge is 0.193 e. The Morgan fingerprint density at radius 3 is 0.788 bits per heavy atom. The molecule has 0 heterocycles. The van der Waals surface area contributed by atoms with Gasteiger partial charge in [0.05, 0.1) is 0 Å². The zero-order valence-electron chi connectivity index (χ0n) is 17.0. The summed E-state index contributed by atoms with van der Waals surface area (Å²) >= 11 is 17.8. The fourth-order valence-electron chi connectivity index (χ4n) is 3.32. The molecule has 0 amide bonds. The van der Waals surface area contributed by atoms with Gasteiger partial charge in [0.25, 0.3) is 0 Å². The second-order valence-electron chi connectivity index (χ2n) is 7.31. The third-order valence-corrected chi connectivity index (χ3v) is 5.79. The van der Waals surface area contributed by atoms with Crippen molar-refractivity contribution < 1.29 is 14.4 Å². The first kappa shape index (κ1) is 22.9. The van der Waals surface area contributed by atoms with Crippen molar-refractivity contribution in [3.8, 4) is 0 Å². The van der Waals surface area contributed by atoms with E-state index in [-0.39, 0.29) is 34.0 Å². The monoisotopic (exact) mass is 492 g/mol. The Morgan fingerprint density at radius 2 is 0.576 bits per heavy atom. The number of benzene rings is 4. The summed E-state index contributed by atoms with van der Waals surface area (Å²) in [6.07, 6.45) is 0. The highest BCUT2D eigenvalue weighted by Crippen LogP contribution is 2.22. The number of rotatable bonds is 6. The molecule has 3 nitrogen and oxygen atoms in total. The molecule has 0 aliphatic carbocycles. The maximum Gasteiger partial charge on any atom is 0.193 e. The molecule has 6 heteroatoms. The molecule has 0 saturated heterocycles. The average molecular weight is 494 g/mol. The van der Waals surface area contributed by atoms with Crippen molar-refractivity contribution in [1.82, 2.24) is 0 Å². The van der Waals surface area contributed by atoms with Crippen molar-refractivity contribution >= 4 is 52.2 Å². The second kappa shape index (κ2) is 9.72. The van der Waals surface area contributed by atoms with Crippen LogP contribution in [-0.2, 0) is 0 Å². The van der Waals surface area contributed by atoms with Gasteiger partial charge >= 0.3 is 0 Å². The first-order chi connectivity index (χ1) is 15.8. The summed E-state index contributed by atoms with van der Waals surface area (Å²) in [5.41, 5.74) is 1.82. The van der Waals surface area contributed by atoms with E-state index in [9.17, 15) is 14.4 Å². The Labute approximate surface area is 205 Å². The molecule has 0 atom stereocenters. The van der Waals surface area contributed by atoms with E-state index in [4.69, 9.17) is 34.8 Å². The van der Waals surface area contributed by atoms with Gasteiger partial charge in [0, 0.05) is 48.4 Å². The topological polar surface area (TPSA) is 51.2 Å². The van der Waals surface area contributed by atoms with Gasteiger partial charge in [0.1, 0.15) is 0 Å². The van der Waals surface area contributed by atoms with E-state index < -0.39 is 0 Å². The summed E-state index contributed by atoms with van der Waals surface area (Å²) in [5, 5.41) is 1.49. The van der Waals surface area contributed by atoms with Crippen LogP contribution in [0.5, 0.6) is 0 Å². The Hall–Kier alpha value is -3.24. The number of carbonyl (C=O) groups is 3. The lowest BCUT2D eigenvalue weighted by Crippen LogP contribution is -2.10. The van der Waals surface area contributed by atoms with Gasteiger partial charge in [-0.3, -0.25) is 14.4 Å². The Bertz CT molecular complexity index is 1180. The summed E-state index contributed by atoms with van der Waals surface area (Å²) in [7, 11) is 0. The molecular formula is C27H15Cl3O3. The summed E-state index contributed by atoms with van der Waals surface area (Å²) in [4.78, 5) is 39.5. The van der Waals surface area contributed by atoms with E-state index in [1.54, 1.807) is 72.8 Å². The molecule has 4 aromatic rings. The van der Waals surface area contributed by atoms with Crippen molar-refractivity contribution in [3.63, 3.8) is 0 Å². The standard InChI is InChI=1S/C27H15Cl3O3/c28-22-7-1-16(2-8-22)25(31)19-13-20(26(32)17-3-9-23(29)10-4-17)15-21(14-19)27(33)18-5-11-24(30)12-6-18/h1-15H. The van der Waals surface area contributed by atoms with Crippen LogP contribution in [-0.4, -0.2) is 17.3 Å². The third-order valence-electron chi connectivity index (χ3n) is 5.04. The van der Waals surface area contributed by atoms with Crippen LogP contribution >= 0.6 is 34.8 Å². The maximum atomic E-state index is 13.2. The molecule has 0 radical (unpaired) electrons. The predicted octanol–water partition coefficient (Wildman–Crippen LogP) is 7.34. The van der Waals surface area contributed by atoms with E-state index >= 15 is 0 Å². The minimum atomic E-state index is -0.331. The Kier molecular flexibility index (Phi) is 6.75. The van der Waals surface area contributed by atoms with Gasteiger partial charge in [-0.1, -0.05) is 34.8 Å². The molecule has 0 saturated carbocycles. The lowest BCUT2D eigenvalue weighted by molar-refractivity contribution is 0.103. The molecule has 162 valence electrons. The zero-order valence-corrected chi connectivity index (χ0v) is 19.3. The SMILES string of the molecule is O=C(c1ccc(Cl)cc1)c1cc(C(=O)c2ccc(Cl)cc2)cc(C(=O)c2ccc(Cl)cc2)c1. The molecule has 0 unspecified atom stereocenters. The number of hydrogen-bond donors (Lipinski definition) is 0. The van der Waals surface area contributed by atoms with E-state index in [1.165, 1.54) is 18.2 Å². The fraction of sp³-hybridized carbons (Fsp3) is 0. The van der Waals surface area contributed by atoms with Crippen LogP contribution in [0.25, 0.3) is 0 Å². The number of carbonyl (C=O) groups excluding carboxylic acids is 3. The van der Waals surface area contributed by atoms with E-state index in [0.717, 1.165) is 0 Å². The van der Waals surface area contributed by atoms with Crippen LogP contribution in [0.4, 0.5) is 0 Å². The van der Waals surface area contributed by atoms with Crippen LogP contribution in [0.15, 0.2) is 91.0 Å². The van der Waals surface area contributed by atoms with Crippen molar-refractivity contribution in [2.45, 2.75) is 0 Å². The van der Waals surface area contributed by atoms with E-state index in [2.05, 4.69) is 0 Å². The van der Waals surface area contributed by atoms with Gasteiger partial charge in [-0.05, 0) is 91.0 Å². The molecule has 0 N–H and O–H groups in total. The molecule has 0 fully saturated rings. The van der Waals surface area contributed by atoms with Gasteiger partial charge < -0.3 is 0 Å². The molecule has 0 aliphatic rings. The molecule has 4 aromatic carbocycles. The Balaban J connectivity index is 1.81. The second-order valence-corrected chi connectivity index (χ2v) is 8.62. The molecule has 0 bridgehead atoms. The highest BCUT2D eigenvalue weighted by molar-refractivity contribution is 6.31. The normalized spacial score (nSPS) is 10.6. The number of halogens is 3. The molecule has 0 spiro atoms. The molecule has 4 rings (SSSR count). The van der Waals surface area contributed by atoms with E-state index in [1.807, 2.05) is 0 Å². The highest BCUT2D eigenvalue weighted by atomic mass is 35.5. The minimum Gasteiger partial charge on any atom is -0.289 e. The lowest BCUT2D eigenvalue weighted by Gasteiger charge is -2.10. The van der Waals surface area contributed by atoms with Crippen molar-refractivity contribution in [3.05, 3.63) is 139 Å². The van der Waals surface area contributed by atoms with Crippen LogP contribution in [0.1, 0.15) is 47.8 Å². The number of hydrogen-bond acceptors (Lipinski definition) is 3. The minimum absolute atomic E-state index is 0.217. The third kappa shape index (κ3) is 5.23. The van der Waals surface area contributed by atoms with Crippen molar-refractivity contribution in [2.24, 2.45) is 0 Å². The summed E-state index contributed by atoms with van der Waals surface area (Å²) in [6, 6.07) is 23.7. The lowest BCUT2D eigenvalue weighted by atomic mass is 9.92. The Morgan fingerprint density at radius 1 is 0.364 bits per heavy atom. The molecule has 0 aromatic heterocycles. The van der Waals surface area contributed by atoms with Gasteiger partial charge in [0.15, 0.2) is 17.3 Å². The molecule has 0 aliphatic heterocycles. The largest absolute Gasteiger partial charge is 0.289 e. The zero-order chi connectivity index (χ0) is 23.5. The quantitative estimate of drug-likeness (QED) is 0.264. The highest BCUT2D eigenvalue weighted by Gasteiger charge is 2.19. The van der Waals surface area contributed by atoms with Crippen molar-refractivity contribution in [2.75, 3.05) is 0 Å². The fourth-order valence-corrected chi connectivity index (χ4v) is 3.70.